The Morgan fingerprint density at radius 3 is 2.61 bits per heavy atom. The van der Waals surface area contributed by atoms with E-state index in [2.05, 4.69) is 21.4 Å². The second kappa shape index (κ2) is 8.15. The summed E-state index contributed by atoms with van der Waals surface area (Å²) in [6, 6.07) is 13.5. The predicted molar refractivity (Wildman–Crippen MR) is 110 cm³/mol. The van der Waals surface area contributed by atoms with Gasteiger partial charge in [0.25, 0.3) is 0 Å². The molecule has 1 aromatic carbocycles. The van der Waals surface area contributed by atoms with E-state index in [1.54, 1.807) is 6.07 Å². The van der Waals surface area contributed by atoms with Crippen molar-refractivity contribution < 1.29 is 4.79 Å². The number of nitrogen functional groups attached to an aromatic ring is 1. The Morgan fingerprint density at radius 1 is 1.25 bits per heavy atom. The van der Waals surface area contributed by atoms with Crippen LogP contribution in [0.1, 0.15) is 22.5 Å². The van der Waals surface area contributed by atoms with Crippen molar-refractivity contribution in [2.75, 3.05) is 16.8 Å². The van der Waals surface area contributed by atoms with E-state index in [-0.39, 0.29) is 11.7 Å². The molecule has 0 radical (unpaired) electrons. The minimum Gasteiger partial charge on any atom is -0.384 e. The van der Waals surface area contributed by atoms with Crippen molar-refractivity contribution in [2.45, 2.75) is 25.9 Å². The smallest absolute Gasteiger partial charge is 0.236 e. The molecule has 0 aliphatic heterocycles. The molecular weight excluding hydrogens is 372 g/mol. The van der Waals surface area contributed by atoms with Gasteiger partial charge in [-0.3, -0.25) is 9.36 Å². The lowest BCUT2D eigenvalue weighted by Gasteiger charge is -2.13. The summed E-state index contributed by atoms with van der Waals surface area (Å²) in [6.07, 6.45) is 0. The predicted octanol–water partition coefficient (Wildman–Crippen LogP) is 3.38. The number of hydrogen-bond donors (Lipinski definition) is 2. The van der Waals surface area contributed by atoms with Crippen molar-refractivity contribution in [3.05, 3.63) is 58.9 Å². The van der Waals surface area contributed by atoms with Crippen LogP contribution in [0.3, 0.4) is 0 Å². The highest BCUT2D eigenvalue weighted by molar-refractivity contribution is 7.99. The molecular formula is C20H20N6OS. The van der Waals surface area contributed by atoms with Crippen molar-refractivity contribution in [3.8, 4) is 11.8 Å². The molecule has 3 aromatic rings. The van der Waals surface area contributed by atoms with Gasteiger partial charge in [0.2, 0.25) is 5.91 Å². The summed E-state index contributed by atoms with van der Waals surface area (Å²) in [5.41, 5.74) is 9.54. The summed E-state index contributed by atoms with van der Waals surface area (Å²) in [5, 5.41) is 12.9. The number of carbonyl (C=O) groups is 1. The normalized spacial score (nSPS) is 10.5. The quantitative estimate of drug-likeness (QED) is 0.509. The zero-order valence-corrected chi connectivity index (χ0v) is 16.7. The average molecular weight is 392 g/mol. The number of aromatic nitrogens is 3. The minimum absolute atomic E-state index is 0.103. The number of para-hydroxylation sites is 1. The lowest BCUT2D eigenvalue weighted by molar-refractivity contribution is -0.113. The number of rotatable bonds is 5. The summed E-state index contributed by atoms with van der Waals surface area (Å²) >= 11 is 1.20. The van der Waals surface area contributed by atoms with E-state index in [0.717, 1.165) is 22.6 Å². The fourth-order valence-corrected chi connectivity index (χ4v) is 3.60. The Morgan fingerprint density at radius 2 is 1.96 bits per heavy atom. The standard InChI is InChI=1S/C20H20N6OS/c1-12-9-17(22)24-20(23-12)28-11-18(27)25-19-16(10-21)13(2)14(3)26(19)15-7-5-4-6-8-15/h4-9H,11H2,1-3H3,(H,25,27)(H2,22,23,24). The van der Waals surface area contributed by atoms with Gasteiger partial charge in [0.1, 0.15) is 17.7 Å². The molecule has 0 bridgehead atoms. The van der Waals surface area contributed by atoms with Crippen LogP contribution in [-0.4, -0.2) is 26.2 Å². The van der Waals surface area contributed by atoms with Gasteiger partial charge >= 0.3 is 0 Å². The van der Waals surface area contributed by atoms with E-state index in [1.807, 2.05) is 55.7 Å². The van der Waals surface area contributed by atoms with Crippen LogP contribution >= 0.6 is 11.8 Å². The van der Waals surface area contributed by atoms with Crippen LogP contribution in [0, 0.1) is 32.1 Å². The Kier molecular flexibility index (Phi) is 5.66. The molecule has 2 aromatic heterocycles. The second-order valence-corrected chi connectivity index (χ2v) is 7.21. The molecule has 0 saturated carbocycles. The molecule has 0 unspecified atom stereocenters. The summed E-state index contributed by atoms with van der Waals surface area (Å²) < 4.78 is 1.89. The molecule has 0 spiro atoms. The maximum atomic E-state index is 12.6. The fraction of sp³-hybridized carbons (Fsp3) is 0.200. The third-order valence-corrected chi connectivity index (χ3v) is 5.13. The number of nitrogens with zero attached hydrogens (tertiary/aromatic N) is 4. The largest absolute Gasteiger partial charge is 0.384 e. The lowest BCUT2D eigenvalue weighted by atomic mass is 10.2. The maximum absolute atomic E-state index is 12.6. The molecule has 0 aliphatic rings. The topological polar surface area (TPSA) is 110 Å². The molecule has 0 aliphatic carbocycles. The number of hydrogen-bond acceptors (Lipinski definition) is 6. The molecule has 142 valence electrons. The van der Waals surface area contributed by atoms with E-state index in [4.69, 9.17) is 5.73 Å². The van der Waals surface area contributed by atoms with Crippen LogP contribution < -0.4 is 11.1 Å². The highest BCUT2D eigenvalue weighted by atomic mass is 32.2. The van der Waals surface area contributed by atoms with Crippen molar-refractivity contribution in [1.82, 2.24) is 14.5 Å². The molecule has 7 nitrogen and oxygen atoms in total. The molecule has 8 heteroatoms. The van der Waals surface area contributed by atoms with Gasteiger partial charge in [-0.15, -0.1) is 0 Å². The third kappa shape index (κ3) is 4.00. The Hall–Kier alpha value is -3.31. The van der Waals surface area contributed by atoms with Crippen LogP contribution in [0.2, 0.25) is 0 Å². The van der Waals surface area contributed by atoms with Gasteiger partial charge in [0.15, 0.2) is 5.16 Å². The number of thioether (sulfide) groups is 1. The van der Waals surface area contributed by atoms with E-state index in [1.165, 1.54) is 11.8 Å². The first-order valence-corrected chi connectivity index (χ1v) is 9.60. The van der Waals surface area contributed by atoms with E-state index < -0.39 is 0 Å². The number of amides is 1. The number of benzene rings is 1. The van der Waals surface area contributed by atoms with E-state index in [9.17, 15) is 10.1 Å². The molecule has 3 rings (SSSR count). The van der Waals surface area contributed by atoms with Crippen molar-refractivity contribution >= 4 is 29.3 Å². The first kappa shape index (κ1) is 19.5. The highest BCUT2D eigenvalue weighted by Crippen LogP contribution is 2.30. The van der Waals surface area contributed by atoms with Gasteiger partial charge in [0, 0.05) is 23.1 Å². The third-order valence-electron chi connectivity index (χ3n) is 4.28. The van der Waals surface area contributed by atoms with Crippen LogP contribution in [0.25, 0.3) is 5.69 Å². The van der Waals surface area contributed by atoms with Gasteiger partial charge in [0.05, 0.1) is 11.3 Å². The monoisotopic (exact) mass is 392 g/mol. The van der Waals surface area contributed by atoms with Crippen LogP contribution in [0.5, 0.6) is 0 Å². The van der Waals surface area contributed by atoms with Crippen molar-refractivity contribution in [3.63, 3.8) is 0 Å². The Balaban J connectivity index is 1.86. The molecule has 28 heavy (non-hydrogen) atoms. The van der Waals surface area contributed by atoms with Crippen molar-refractivity contribution in [1.29, 1.82) is 5.26 Å². The number of nitrogens with two attached hydrogens (primary N) is 1. The highest BCUT2D eigenvalue weighted by Gasteiger charge is 2.20. The molecule has 0 fully saturated rings. The van der Waals surface area contributed by atoms with Gasteiger partial charge in [-0.25, -0.2) is 9.97 Å². The maximum Gasteiger partial charge on any atom is 0.236 e. The number of anilines is 2. The number of nitriles is 1. The Labute approximate surface area is 167 Å². The summed E-state index contributed by atoms with van der Waals surface area (Å²) in [6.45, 7) is 5.62. The molecule has 0 atom stereocenters. The summed E-state index contributed by atoms with van der Waals surface area (Å²) in [7, 11) is 0. The van der Waals surface area contributed by atoms with Gasteiger partial charge in [-0.05, 0) is 38.5 Å². The first-order valence-electron chi connectivity index (χ1n) is 8.62. The average Bonchev–Trinajstić information content (AvgIpc) is 2.89. The van der Waals surface area contributed by atoms with Crippen molar-refractivity contribution in [2.24, 2.45) is 0 Å². The van der Waals surface area contributed by atoms with Gasteiger partial charge < -0.3 is 11.1 Å². The molecule has 2 heterocycles. The zero-order chi connectivity index (χ0) is 20.3. The van der Waals surface area contributed by atoms with E-state index in [0.29, 0.717) is 22.4 Å². The number of nitrogens with one attached hydrogen (secondary N) is 1. The van der Waals surface area contributed by atoms with Gasteiger partial charge in [-0.1, -0.05) is 30.0 Å². The van der Waals surface area contributed by atoms with Crippen LogP contribution in [-0.2, 0) is 4.79 Å². The van der Waals surface area contributed by atoms with Crippen LogP contribution in [0.4, 0.5) is 11.6 Å². The molecule has 0 saturated heterocycles. The first-order chi connectivity index (χ1) is 13.4. The van der Waals surface area contributed by atoms with E-state index >= 15 is 0 Å². The molecule has 3 N–H and O–H groups in total. The summed E-state index contributed by atoms with van der Waals surface area (Å²) in [5.74, 6) is 0.691. The lowest BCUT2D eigenvalue weighted by Crippen LogP contribution is -2.18. The SMILES string of the molecule is Cc1cc(N)nc(SCC(=O)Nc2c(C#N)c(C)c(C)n2-c2ccccc2)n1. The van der Waals surface area contributed by atoms with Crippen LogP contribution in [0.15, 0.2) is 41.6 Å². The minimum atomic E-state index is -0.250. The molecule has 1 amide bonds. The summed E-state index contributed by atoms with van der Waals surface area (Å²) in [4.78, 5) is 21.0. The Bertz CT molecular complexity index is 1050. The zero-order valence-electron chi connectivity index (χ0n) is 15.9. The second-order valence-electron chi connectivity index (χ2n) is 6.27. The number of aryl methyl sites for hydroxylation is 1. The fourth-order valence-electron chi connectivity index (χ4n) is 2.89. The number of carbonyl (C=O) groups excluding carboxylic acids is 1. The van der Waals surface area contributed by atoms with Gasteiger partial charge in [-0.2, -0.15) is 5.26 Å².